The number of carbonyl (C=O) groups excluding carboxylic acids is 4. The van der Waals surface area contributed by atoms with Crippen molar-refractivity contribution in [2.24, 2.45) is 17.8 Å². The summed E-state index contributed by atoms with van der Waals surface area (Å²) in [5.74, 6) is -3.72. The highest BCUT2D eigenvalue weighted by molar-refractivity contribution is 6.33. The van der Waals surface area contributed by atoms with Gasteiger partial charge in [-0.1, -0.05) is 37.6 Å². The van der Waals surface area contributed by atoms with Crippen molar-refractivity contribution in [2.75, 3.05) is 5.32 Å². The fraction of sp³-hybridized carbons (Fsp3) is 0.478. The summed E-state index contributed by atoms with van der Waals surface area (Å²) in [6.07, 6.45) is 3.67. The molecule has 1 fully saturated rings. The SMILES string of the molecule is CC(C)CC(C(=O)OC(C)C(=O)Nc1ccc(F)cc1Cl)N1C(=O)C2CC=CCC2C1=O. The van der Waals surface area contributed by atoms with Crippen LogP contribution in [0, 0.1) is 23.6 Å². The zero-order chi connectivity index (χ0) is 23.6. The number of nitrogens with one attached hydrogen (secondary N) is 1. The Morgan fingerprint density at radius 1 is 1.16 bits per heavy atom. The molecule has 1 aromatic rings. The van der Waals surface area contributed by atoms with E-state index in [2.05, 4.69) is 5.32 Å². The minimum Gasteiger partial charge on any atom is -0.451 e. The molecule has 0 radical (unpaired) electrons. The average molecular weight is 465 g/mol. The fourth-order valence-corrected chi connectivity index (χ4v) is 4.23. The van der Waals surface area contributed by atoms with Crippen LogP contribution in [0.4, 0.5) is 10.1 Å². The number of ether oxygens (including phenoxy) is 1. The Labute approximate surface area is 190 Å². The summed E-state index contributed by atoms with van der Waals surface area (Å²) in [7, 11) is 0. The maximum absolute atomic E-state index is 13.2. The van der Waals surface area contributed by atoms with Gasteiger partial charge in [0.25, 0.3) is 5.91 Å². The second-order valence-corrected chi connectivity index (χ2v) is 8.95. The van der Waals surface area contributed by atoms with E-state index in [1.807, 2.05) is 26.0 Å². The van der Waals surface area contributed by atoms with E-state index in [-0.39, 0.29) is 34.9 Å². The van der Waals surface area contributed by atoms with Crippen molar-refractivity contribution < 1.29 is 28.3 Å². The van der Waals surface area contributed by atoms with Gasteiger partial charge in [0.2, 0.25) is 11.8 Å². The van der Waals surface area contributed by atoms with Gasteiger partial charge in [0.05, 0.1) is 22.5 Å². The quantitative estimate of drug-likeness (QED) is 0.377. The van der Waals surface area contributed by atoms with Crippen LogP contribution in [0.15, 0.2) is 30.4 Å². The number of likely N-dealkylation sites (tertiary alicyclic amines) is 1. The Hall–Kier alpha value is -2.74. The lowest BCUT2D eigenvalue weighted by atomic mass is 9.85. The van der Waals surface area contributed by atoms with Crippen molar-refractivity contribution in [3.05, 3.63) is 41.2 Å². The van der Waals surface area contributed by atoms with Crippen LogP contribution in [0.5, 0.6) is 0 Å². The number of anilines is 1. The van der Waals surface area contributed by atoms with Crippen molar-refractivity contribution in [2.45, 2.75) is 52.2 Å². The van der Waals surface area contributed by atoms with E-state index in [0.29, 0.717) is 12.8 Å². The number of halogens is 2. The molecule has 1 heterocycles. The van der Waals surface area contributed by atoms with E-state index in [0.717, 1.165) is 17.0 Å². The summed E-state index contributed by atoms with van der Waals surface area (Å²) in [5.41, 5.74) is 0.168. The summed E-state index contributed by atoms with van der Waals surface area (Å²) in [6.45, 7) is 5.10. The molecule has 9 heteroatoms. The normalized spacial score (nSPS) is 22.0. The predicted molar refractivity (Wildman–Crippen MR) is 116 cm³/mol. The average Bonchev–Trinajstić information content (AvgIpc) is 2.98. The van der Waals surface area contributed by atoms with Gasteiger partial charge in [0.15, 0.2) is 6.10 Å². The molecule has 0 saturated carbocycles. The van der Waals surface area contributed by atoms with E-state index in [9.17, 15) is 23.6 Å². The first-order chi connectivity index (χ1) is 15.1. The van der Waals surface area contributed by atoms with Crippen LogP contribution < -0.4 is 5.32 Å². The van der Waals surface area contributed by atoms with E-state index in [4.69, 9.17) is 16.3 Å². The number of allylic oxidation sites excluding steroid dienone is 2. The molecule has 32 heavy (non-hydrogen) atoms. The number of esters is 1. The second kappa shape index (κ2) is 9.81. The Kier molecular flexibility index (Phi) is 7.33. The van der Waals surface area contributed by atoms with Crippen molar-refractivity contribution >= 4 is 41.0 Å². The molecule has 2 aliphatic rings. The molecule has 4 atom stereocenters. The van der Waals surface area contributed by atoms with Crippen LogP contribution >= 0.6 is 11.6 Å². The van der Waals surface area contributed by atoms with Crippen LogP contribution in [-0.4, -0.2) is 40.7 Å². The number of imide groups is 1. The number of fused-ring (bicyclic) bond motifs is 1. The Balaban J connectivity index is 1.72. The lowest BCUT2D eigenvalue weighted by Gasteiger charge is -2.27. The van der Waals surface area contributed by atoms with Gasteiger partial charge in [0, 0.05) is 0 Å². The molecule has 3 rings (SSSR count). The molecule has 1 N–H and O–H groups in total. The molecule has 1 saturated heterocycles. The number of amides is 3. The third-order valence-corrected chi connectivity index (χ3v) is 5.98. The molecular formula is C23H26ClFN2O5. The van der Waals surface area contributed by atoms with E-state index in [1.54, 1.807) is 0 Å². The fourth-order valence-electron chi connectivity index (χ4n) is 4.02. The molecule has 1 aliphatic heterocycles. The van der Waals surface area contributed by atoms with Gasteiger partial charge in [-0.2, -0.15) is 0 Å². The first-order valence-electron chi connectivity index (χ1n) is 10.6. The van der Waals surface area contributed by atoms with E-state index in [1.165, 1.54) is 13.0 Å². The third kappa shape index (κ3) is 5.01. The van der Waals surface area contributed by atoms with Crippen LogP contribution in [0.1, 0.15) is 40.0 Å². The molecule has 4 unspecified atom stereocenters. The molecule has 0 bridgehead atoms. The highest BCUT2D eigenvalue weighted by atomic mass is 35.5. The van der Waals surface area contributed by atoms with Gasteiger partial charge in [-0.05, 0) is 50.3 Å². The van der Waals surface area contributed by atoms with Gasteiger partial charge >= 0.3 is 5.97 Å². The van der Waals surface area contributed by atoms with Crippen molar-refractivity contribution in [1.29, 1.82) is 0 Å². The Morgan fingerprint density at radius 3 is 2.28 bits per heavy atom. The lowest BCUT2D eigenvalue weighted by Crippen LogP contribution is -2.48. The highest BCUT2D eigenvalue weighted by Crippen LogP contribution is 2.37. The molecule has 7 nitrogen and oxygen atoms in total. The lowest BCUT2D eigenvalue weighted by molar-refractivity contribution is -0.164. The minimum atomic E-state index is -1.23. The highest BCUT2D eigenvalue weighted by Gasteiger charge is 2.51. The minimum absolute atomic E-state index is 0.000893. The van der Waals surface area contributed by atoms with Crippen LogP contribution in [0.25, 0.3) is 0 Å². The van der Waals surface area contributed by atoms with E-state index < -0.39 is 41.7 Å². The number of hydrogen-bond acceptors (Lipinski definition) is 5. The largest absolute Gasteiger partial charge is 0.451 e. The molecular weight excluding hydrogens is 439 g/mol. The van der Waals surface area contributed by atoms with Gasteiger partial charge in [0.1, 0.15) is 11.9 Å². The first-order valence-corrected chi connectivity index (χ1v) is 11.0. The van der Waals surface area contributed by atoms with Gasteiger partial charge in [-0.3, -0.25) is 19.3 Å². The Morgan fingerprint density at radius 2 is 1.75 bits per heavy atom. The summed E-state index contributed by atoms with van der Waals surface area (Å²) >= 11 is 5.92. The van der Waals surface area contributed by atoms with E-state index >= 15 is 0 Å². The molecule has 0 aromatic heterocycles. The van der Waals surface area contributed by atoms with Crippen LogP contribution in [-0.2, 0) is 23.9 Å². The number of benzene rings is 1. The number of nitrogens with zero attached hydrogens (tertiary/aromatic N) is 1. The van der Waals surface area contributed by atoms with Crippen molar-refractivity contribution in [3.63, 3.8) is 0 Å². The van der Waals surface area contributed by atoms with Crippen LogP contribution in [0.3, 0.4) is 0 Å². The third-order valence-electron chi connectivity index (χ3n) is 5.67. The van der Waals surface area contributed by atoms with Gasteiger partial charge in [-0.25, -0.2) is 9.18 Å². The molecule has 1 aromatic carbocycles. The summed E-state index contributed by atoms with van der Waals surface area (Å²) in [4.78, 5) is 52.4. The maximum Gasteiger partial charge on any atom is 0.330 e. The smallest absolute Gasteiger partial charge is 0.330 e. The zero-order valence-corrected chi connectivity index (χ0v) is 18.9. The number of rotatable bonds is 7. The van der Waals surface area contributed by atoms with Gasteiger partial charge < -0.3 is 10.1 Å². The van der Waals surface area contributed by atoms with Crippen molar-refractivity contribution in [3.8, 4) is 0 Å². The summed E-state index contributed by atoms with van der Waals surface area (Å²) in [6, 6.07) is 2.37. The summed E-state index contributed by atoms with van der Waals surface area (Å²) in [5, 5.41) is 2.48. The molecule has 172 valence electrons. The van der Waals surface area contributed by atoms with Crippen LogP contribution in [0.2, 0.25) is 5.02 Å². The maximum atomic E-state index is 13.2. The molecule has 0 spiro atoms. The zero-order valence-electron chi connectivity index (χ0n) is 18.1. The first kappa shape index (κ1) is 23.9. The standard InChI is InChI=1S/C23H26ClFN2O5/c1-12(2)10-19(27-21(29)15-6-4-5-7-16(15)22(27)30)23(31)32-13(3)20(28)26-18-9-8-14(25)11-17(18)24/h4-5,8-9,11-13,15-16,19H,6-7,10H2,1-3H3,(H,26,28). The topological polar surface area (TPSA) is 92.8 Å². The van der Waals surface area contributed by atoms with Gasteiger partial charge in [-0.15, -0.1) is 0 Å². The number of carbonyl (C=O) groups is 4. The monoisotopic (exact) mass is 464 g/mol. The molecule has 3 amide bonds. The summed E-state index contributed by atoms with van der Waals surface area (Å²) < 4.78 is 18.5. The number of hydrogen-bond donors (Lipinski definition) is 1. The predicted octanol–water partition coefficient (Wildman–Crippen LogP) is 3.72. The second-order valence-electron chi connectivity index (χ2n) is 8.54. The molecule has 1 aliphatic carbocycles. The Bertz CT molecular complexity index is 938. The van der Waals surface area contributed by atoms with Crippen molar-refractivity contribution in [1.82, 2.24) is 4.90 Å².